The Kier molecular flexibility index (Phi) is 6.87. The van der Waals surface area contributed by atoms with Gasteiger partial charge >= 0.3 is 11.9 Å². The molecule has 5 nitrogen and oxygen atoms in total. The molecule has 176 valence electrons. The minimum atomic E-state index is -0.629. The highest BCUT2D eigenvalue weighted by Gasteiger charge is 2.39. The van der Waals surface area contributed by atoms with E-state index in [1.54, 1.807) is 24.3 Å². The van der Waals surface area contributed by atoms with Crippen molar-refractivity contribution >= 4 is 35.1 Å². The first-order chi connectivity index (χ1) is 16.1. The van der Waals surface area contributed by atoms with Crippen LogP contribution in [0, 0.1) is 0 Å². The van der Waals surface area contributed by atoms with Gasteiger partial charge in [0.2, 0.25) is 0 Å². The van der Waals surface area contributed by atoms with Crippen molar-refractivity contribution in [1.29, 1.82) is 0 Å². The van der Waals surface area contributed by atoms with Crippen molar-refractivity contribution in [1.82, 2.24) is 4.90 Å². The lowest BCUT2D eigenvalue weighted by Crippen LogP contribution is -2.32. The lowest BCUT2D eigenvalue weighted by molar-refractivity contribution is -0.149. The van der Waals surface area contributed by atoms with Crippen LogP contribution < -0.4 is 0 Å². The zero-order valence-electron chi connectivity index (χ0n) is 19.2. The predicted octanol–water partition coefficient (Wildman–Crippen LogP) is 6.01. The molecule has 1 heterocycles. The van der Waals surface area contributed by atoms with Gasteiger partial charge in [-0.15, -0.1) is 0 Å². The zero-order chi connectivity index (χ0) is 24.5. The summed E-state index contributed by atoms with van der Waals surface area (Å²) < 4.78 is 11.2. The van der Waals surface area contributed by atoms with E-state index in [0.29, 0.717) is 33.4 Å². The number of halogens is 2. The standard InChI is InChI=1S/C27H25Cl2NO4/c1-27(2,3)34-25(31)19-10-12-23-20(19)14-24(26(32)33-16-17-7-5-4-6-8-17)30(23)15-18-9-11-21(28)22(29)13-18/h4-14,23H,15-16H2,1-3H3. The molecular formula is C27H25Cl2NO4. The summed E-state index contributed by atoms with van der Waals surface area (Å²) in [5.41, 5.74) is 2.64. The second-order valence-electron chi connectivity index (χ2n) is 9.14. The molecule has 1 aliphatic heterocycles. The van der Waals surface area contributed by atoms with Crippen LogP contribution in [0.1, 0.15) is 31.9 Å². The molecule has 7 heteroatoms. The molecule has 0 spiro atoms. The van der Waals surface area contributed by atoms with Crippen LogP contribution in [0.15, 0.2) is 83.6 Å². The van der Waals surface area contributed by atoms with Crippen molar-refractivity contribution < 1.29 is 19.1 Å². The van der Waals surface area contributed by atoms with E-state index in [-0.39, 0.29) is 12.6 Å². The highest BCUT2D eigenvalue weighted by atomic mass is 35.5. The molecule has 0 saturated heterocycles. The van der Waals surface area contributed by atoms with Gasteiger partial charge in [-0.25, -0.2) is 9.59 Å². The summed E-state index contributed by atoms with van der Waals surface area (Å²) >= 11 is 12.3. The maximum absolute atomic E-state index is 13.1. The van der Waals surface area contributed by atoms with Crippen LogP contribution in [0.4, 0.5) is 0 Å². The van der Waals surface area contributed by atoms with E-state index in [4.69, 9.17) is 32.7 Å². The van der Waals surface area contributed by atoms with Crippen molar-refractivity contribution in [3.8, 4) is 0 Å². The summed E-state index contributed by atoms with van der Waals surface area (Å²) in [6.45, 7) is 5.98. The van der Waals surface area contributed by atoms with Gasteiger partial charge in [-0.05, 0) is 61.8 Å². The Labute approximate surface area is 209 Å². The Balaban J connectivity index is 1.63. The fourth-order valence-electron chi connectivity index (χ4n) is 3.87. The Morgan fingerprint density at radius 3 is 2.38 bits per heavy atom. The molecule has 34 heavy (non-hydrogen) atoms. The third kappa shape index (κ3) is 5.37. The van der Waals surface area contributed by atoms with Crippen LogP contribution in [0.2, 0.25) is 10.0 Å². The van der Waals surface area contributed by atoms with Crippen LogP contribution in [-0.4, -0.2) is 28.5 Å². The number of carbonyl (C=O) groups excluding carboxylic acids is 2. The fraction of sp³-hybridized carbons (Fsp3) is 0.259. The molecule has 0 fully saturated rings. The lowest BCUT2D eigenvalue weighted by atomic mass is 10.1. The zero-order valence-corrected chi connectivity index (χ0v) is 20.7. The average molecular weight is 498 g/mol. The summed E-state index contributed by atoms with van der Waals surface area (Å²) in [5, 5.41) is 0.890. The van der Waals surface area contributed by atoms with Crippen molar-refractivity contribution in [2.45, 2.75) is 45.6 Å². The molecule has 0 amide bonds. The van der Waals surface area contributed by atoms with E-state index in [1.807, 2.05) is 68.1 Å². The highest BCUT2D eigenvalue weighted by Crippen LogP contribution is 2.38. The van der Waals surface area contributed by atoms with Gasteiger partial charge in [0.15, 0.2) is 0 Å². The van der Waals surface area contributed by atoms with E-state index in [9.17, 15) is 9.59 Å². The van der Waals surface area contributed by atoms with Gasteiger partial charge in [0.05, 0.1) is 21.7 Å². The van der Waals surface area contributed by atoms with Crippen LogP contribution in [0.25, 0.3) is 0 Å². The summed E-state index contributed by atoms with van der Waals surface area (Å²) in [4.78, 5) is 27.8. The van der Waals surface area contributed by atoms with E-state index >= 15 is 0 Å². The number of hydrogen-bond donors (Lipinski definition) is 0. The number of esters is 2. The molecule has 0 aromatic heterocycles. The summed E-state index contributed by atoms with van der Waals surface area (Å²) in [6, 6.07) is 14.5. The van der Waals surface area contributed by atoms with Crippen LogP contribution in [0.3, 0.4) is 0 Å². The fourth-order valence-corrected chi connectivity index (χ4v) is 4.19. The van der Waals surface area contributed by atoms with Gasteiger partial charge in [0, 0.05) is 6.54 Å². The first-order valence-corrected chi connectivity index (χ1v) is 11.7. The maximum atomic E-state index is 13.1. The number of benzene rings is 2. The smallest absolute Gasteiger partial charge is 0.354 e. The molecule has 1 unspecified atom stereocenters. The summed E-state index contributed by atoms with van der Waals surface area (Å²) in [5.74, 6) is -0.895. The van der Waals surface area contributed by atoms with Crippen molar-refractivity contribution in [2.75, 3.05) is 0 Å². The number of nitrogens with zero attached hydrogens (tertiary/aromatic N) is 1. The number of carbonyl (C=O) groups is 2. The second kappa shape index (κ2) is 9.69. The molecule has 2 aliphatic rings. The first-order valence-electron chi connectivity index (χ1n) is 10.9. The van der Waals surface area contributed by atoms with E-state index in [2.05, 4.69) is 0 Å². The summed E-state index contributed by atoms with van der Waals surface area (Å²) in [7, 11) is 0. The largest absolute Gasteiger partial charge is 0.456 e. The quantitative estimate of drug-likeness (QED) is 0.457. The molecule has 4 rings (SSSR count). The minimum absolute atomic E-state index is 0.149. The Bertz CT molecular complexity index is 1210. The van der Waals surface area contributed by atoms with Gasteiger partial charge < -0.3 is 14.4 Å². The van der Waals surface area contributed by atoms with Gasteiger partial charge in [0.25, 0.3) is 0 Å². The number of fused-ring (bicyclic) bond motifs is 1. The molecular weight excluding hydrogens is 473 g/mol. The maximum Gasteiger partial charge on any atom is 0.354 e. The number of rotatable bonds is 6. The van der Waals surface area contributed by atoms with E-state index < -0.39 is 17.5 Å². The highest BCUT2D eigenvalue weighted by molar-refractivity contribution is 6.42. The lowest BCUT2D eigenvalue weighted by Gasteiger charge is -2.27. The minimum Gasteiger partial charge on any atom is -0.456 e. The Morgan fingerprint density at radius 1 is 0.971 bits per heavy atom. The molecule has 0 bridgehead atoms. The predicted molar refractivity (Wildman–Crippen MR) is 132 cm³/mol. The van der Waals surface area contributed by atoms with Gasteiger partial charge in [-0.1, -0.05) is 65.7 Å². The van der Waals surface area contributed by atoms with Crippen LogP contribution in [0.5, 0.6) is 0 Å². The van der Waals surface area contributed by atoms with Gasteiger partial charge in [0.1, 0.15) is 17.9 Å². The van der Waals surface area contributed by atoms with Crippen LogP contribution in [-0.2, 0) is 32.2 Å². The average Bonchev–Trinajstić information content (AvgIpc) is 3.34. The van der Waals surface area contributed by atoms with Crippen molar-refractivity contribution in [3.63, 3.8) is 0 Å². The number of ether oxygens (including phenoxy) is 2. The molecule has 0 N–H and O–H groups in total. The SMILES string of the molecule is CC(C)(C)OC(=O)C1=C2C=C(C(=O)OCc3ccccc3)N(Cc3ccc(Cl)c(Cl)c3)C2C=C1. The monoisotopic (exact) mass is 497 g/mol. The van der Waals surface area contributed by atoms with Crippen LogP contribution >= 0.6 is 23.2 Å². The van der Waals surface area contributed by atoms with Crippen molar-refractivity contribution in [2.24, 2.45) is 0 Å². The molecule has 0 radical (unpaired) electrons. The normalized spacial score (nSPS) is 17.0. The van der Waals surface area contributed by atoms with Crippen molar-refractivity contribution in [3.05, 3.63) is 105 Å². The molecule has 1 atom stereocenters. The molecule has 1 aliphatic carbocycles. The summed E-state index contributed by atoms with van der Waals surface area (Å²) in [6.07, 6.45) is 5.35. The van der Waals surface area contributed by atoms with E-state index in [1.165, 1.54) is 0 Å². The van der Waals surface area contributed by atoms with Gasteiger partial charge in [-0.3, -0.25) is 0 Å². The van der Waals surface area contributed by atoms with Gasteiger partial charge in [-0.2, -0.15) is 0 Å². The Morgan fingerprint density at radius 2 is 1.71 bits per heavy atom. The van der Waals surface area contributed by atoms with E-state index in [0.717, 1.165) is 11.1 Å². The second-order valence-corrected chi connectivity index (χ2v) is 9.96. The molecule has 2 aromatic rings. The molecule has 0 saturated carbocycles. The third-order valence-corrected chi connectivity index (χ3v) is 6.13. The Hall–Kier alpha value is -3.02. The third-order valence-electron chi connectivity index (χ3n) is 5.39. The topological polar surface area (TPSA) is 55.8 Å². The first kappa shape index (κ1) is 24.1. The molecule has 2 aromatic carbocycles. The number of hydrogen-bond acceptors (Lipinski definition) is 5.